The molecule has 33 heavy (non-hydrogen) atoms. The van der Waals surface area contributed by atoms with Gasteiger partial charge in [0, 0.05) is 6.42 Å². The van der Waals surface area contributed by atoms with E-state index in [1.165, 1.54) is 0 Å². The number of hydrogen-bond donors (Lipinski definition) is 3. The molecule has 0 heterocycles. The Labute approximate surface area is 194 Å². The van der Waals surface area contributed by atoms with E-state index in [1.807, 2.05) is 67.6 Å². The molecule has 0 aliphatic heterocycles. The second kappa shape index (κ2) is 11.2. The number of nitrogens with two attached hydrogens (primary N) is 2. The van der Waals surface area contributed by atoms with Crippen molar-refractivity contribution in [1.82, 2.24) is 5.32 Å². The van der Waals surface area contributed by atoms with Crippen molar-refractivity contribution in [3.8, 4) is 0 Å². The van der Waals surface area contributed by atoms with Crippen molar-refractivity contribution in [3.05, 3.63) is 71.8 Å². The first-order valence-corrected chi connectivity index (χ1v) is 11.5. The van der Waals surface area contributed by atoms with Crippen molar-refractivity contribution < 1.29 is 19.1 Å². The number of amides is 1. The Kier molecular flexibility index (Phi) is 8.36. The largest absolute Gasteiger partial charge is 0.390 e. The zero-order valence-electron chi connectivity index (χ0n) is 19.0. The predicted molar refractivity (Wildman–Crippen MR) is 126 cm³/mol. The molecule has 1 aliphatic rings. The lowest BCUT2D eigenvalue weighted by Gasteiger charge is -2.28. The molecule has 3 rings (SSSR count). The molecule has 2 aromatic carbocycles. The summed E-state index contributed by atoms with van der Waals surface area (Å²) >= 11 is 0. The first-order chi connectivity index (χ1) is 15.8. The molecular formula is C26H33N3O4. The maximum absolute atomic E-state index is 13.0. The van der Waals surface area contributed by atoms with Crippen molar-refractivity contribution >= 4 is 17.8 Å². The third kappa shape index (κ3) is 6.27. The first-order valence-electron chi connectivity index (χ1n) is 11.5. The van der Waals surface area contributed by atoms with Crippen molar-refractivity contribution in [3.63, 3.8) is 0 Å². The van der Waals surface area contributed by atoms with Gasteiger partial charge in [-0.1, -0.05) is 80.4 Å². The number of ether oxygens (including phenoxy) is 1. The molecule has 0 aromatic heterocycles. The maximum Gasteiger partial charge on any atom is 0.336 e. The molecule has 0 bridgehead atoms. The minimum atomic E-state index is -1.17. The highest BCUT2D eigenvalue weighted by Gasteiger charge is 2.47. The summed E-state index contributed by atoms with van der Waals surface area (Å²) in [5, 5.41) is 2.69. The van der Waals surface area contributed by atoms with Crippen LogP contribution in [0.4, 0.5) is 0 Å². The Hall–Kier alpha value is -3.03. The van der Waals surface area contributed by atoms with Gasteiger partial charge in [0.25, 0.3) is 0 Å². The lowest BCUT2D eigenvalue weighted by atomic mass is 9.86. The molecule has 2 unspecified atom stereocenters. The maximum atomic E-state index is 13.0. The second-order valence-electron chi connectivity index (χ2n) is 8.79. The van der Waals surface area contributed by atoms with Crippen molar-refractivity contribution in [1.29, 1.82) is 0 Å². The molecule has 7 heteroatoms. The van der Waals surface area contributed by atoms with Gasteiger partial charge < -0.3 is 21.5 Å². The molecular weight excluding hydrogens is 418 g/mol. The predicted octanol–water partition coefficient (Wildman–Crippen LogP) is 2.26. The normalized spacial score (nSPS) is 21.7. The van der Waals surface area contributed by atoms with E-state index in [2.05, 4.69) is 5.32 Å². The Morgan fingerprint density at radius 3 is 2.18 bits per heavy atom. The van der Waals surface area contributed by atoms with Crippen LogP contribution in [-0.4, -0.2) is 35.5 Å². The Bertz CT molecular complexity index is 951. The van der Waals surface area contributed by atoms with Gasteiger partial charge >= 0.3 is 11.9 Å². The smallest absolute Gasteiger partial charge is 0.336 e. The summed E-state index contributed by atoms with van der Waals surface area (Å²) in [6.45, 7) is 1.97. The van der Waals surface area contributed by atoms with Gasteiger partial charge in [0.15, 0.2) is 0 Å². The monoisotopic (exact) mass is 451 g/mol. The number of carbonyl (C=O) groups excluding carboxylic acids is 3. The van der Waals surface area contributed by atoms with Crippen LogP contribution >= 0.6 is 0 Å². The number of carbonyl (C=O) groups is 3. The molecule has 0 saturated heterocycles. The molecule has 7 nitrogen and oxygen atoms in total. The van der Waals surface area contributed by atoms with Crippen LogP contribution in [0.15, 0.2) is 60.7 Å². The standard InChI is InChI=1S/C26H33N3O4/c1-2-20-14-9-15-26(20,28)25(32)33-24(31)22(17-19-12-7-4-8-13-19)29-23(30)21(27)16-18-10-5-3-6-11-18/h3-8,10-13,20-22H,2,9,14-17,27-28H2,1H3,(H,29,30)/t20?,21-,22-,26?/m0/s1. The molecule has 0 spiro atoms. The SMILES string of the molecule is CCC1CCCC1(N)C(=O)OC(=O)[C@H](Cc1ccccc1)NC(=O)[C@@H](N)Cc1ccccc1. The average molecular weight is 452 g/mol. The fraction of sp³-hybridized carbons (Fsp3) is 0.423. The van der Waals surface area contributed by atoms with Crippen LogP contribution in [0.2, 0.25) is 0 Å². The van der Waals surface area contributed by atoms with E-state index >= 15 is 0 Å². The van der Waals surface area contributed by atoms with E-state index in [4.69, 9.17) is 16.2 Å². The van der Waals surface area contributed by atoms with Crippen LogP contribution < -0.4 is 16.8 Å². The van der Waals surface area contributed by atoms with E-state index in [-0.39, 0.29) is 12.3 Å². The third-order valence-electron chi connectivity index (χ3n) is 6.46. The van der Waals surface area contributed by atoms with Gasteiger partial charge in [-0.3, -0.25) is 4.79 Å². The van der Waals surface area contributed by atoms with Crippen LogP contribution in [0.3, 0.4) is 0 Å². The third-order valence-corrected chi connectivity index (χ3v) is 6.46. The molecule has 1 aliphatic carbocycles. The lowest BCUT2D eigenvalue weighted by Crippen LogP contribution is -2.55. The summed E-state index contributed by atoms with van der Waals surface area (Å²) in [5.41, 5.74) is 13.0. The number of esters is 2. The van der Waals surface area contributed by atoms with E-state index in [0.29, 0.717) is 12.8 Å². The Balaban J connectivity index is 1.71. The van der Waals surface area contributed by atoms with Crippen molar-refractivity contribution in [2.75, 3.05) is 0 Å². The summed E-state index contributed by atoms with van der Waals surface area (Å²) in [6.07, 6.45) is 3.35. The van der Waals surface area contributed by atoms with Gasteiger partial charge in [-0.05, 0) is 36.3 Å². The van der Waals surface area contributed by atoms with Gasteiger partial charge in [0.1, 0.15) is 11.6 Å². The molecule has 1 saturated carbocycles. The molecule has 5 N–H and O–H groups in total. The molecule has 1 fully saturated rings. The van der Waals surface area contributed by atoms with Crippen LogP contribution in [0.1, 0.15) is 43.7 Å². The highest BCUT2D eigenvalue weighted by Crippen LogP contribution is 2.36. The zero-order valence-corrected chi connectivity index (χ0v) is 19.0. The van der Waals surface area contributed by atoms with E-state index in [1.54, 1.807) is 0 Å². The van der Waals surface area contributed by atoms with Crippen molar-refractivity contribution in [2.45, 2.75) is 63.1 Å². The molecule has 176 valence electrons. The number of hydrogen-bond acceptors (Lipinski definition) is 6. The van der Waals surface area contributed by atoms with E-state index < -0.39 is 35.5 Å². The van der Waals surface area contributed by atoms with Gasteiger partial charge in [0.05, 0.1) is 6.04 Å². The Morgan fingerprint density at radius 2 is 1.61 bits per heavy atom. The van der Waals surface area contributed by atoms with Crippen LogP contribution in [0.25, 0.3) is 0 Å². The number of nitrogens with one attached hydrogen (secondary N) is 1. The summed E-state index contributed by atoms with van der Waals surface area (Å²) in [6, 6.07) is 16.7. The summed E-state index contributed by atoms with van der Waals surface area (Å²) in [7, 11) is 0. The average Bonchev–Trinajstić information content (AvgIpc) is 3.21. The van der Waals surface area contributed by atoms with Gasteiger partial charge in [-0.25, -0.2) is 9.59 Å². The molecule has 0 radical (unpaired) electrons. The fourth-order valence-corrected chi connectivity index (χ4v) is 4.48. The summed E-state index contributed by atoms with van der Waals surface area (Å²) in [5.74, 6) is -2.06. The number of rotatable bonds is 9. The number of benzene rings is 2. The highest BCUT2D eigenvalue weighted by atomic mass is 16.6. The summed E-state index contributed by atoms with van der Waals surface area (Å²) < 4.78 is 5.24. The second-order valence-corrected chi connectivity index (χ2v) is 8.79. The molecule has 1 amide bonds. The minimum absolute atomic E-state index is 0.0285. The van der Waals surface area contributed by atoms with Crippen LogP contribution in [-0.2, 0) is 32.0 Å². The highest BCUT2D eigenvalue weighted by molar-refractivity contribution is 5.95. The lowest BCUT2D eigenvalue weighted by molar-refractivity contribution is -0.166. The van der Waals surface area contributed by atoms with E-state index in [0.717, 1.165) is 30.4 Å². The fourth-order valence-electron chi connectivity index (χ4n) is 4.48. The van der Waals surface area contributed by atoms with E-state index in [9.17, 15) is 14.4 Å². The minimum Gasteiger partial charge on any atom is -0.390 e. The zero-order chi connectivity index (χ0) is 23.8. The Morgan fingerprint density at radius 1 is 1.03 bits per heavy atom. The summed E-state index contributed by atoms with van der Waals surface area (Å²) in [4.78, 5) is 38.7. The topological polar surface area (TPSA) is 125 Å². The van der Waals surface area contributed by atoms with Crippen LogP contribution in [0.5, 0.6) is 0 Å². The van der Waals surface area contributed by atoms with Crippen molar-refractivity contribution in [2.24, 2.45) is 17.4 Å². The molecule has 2 aromatic rings. The van der Waals surface area contributed by atoms with Crippen LogP contribution in [0, 0.1) is 5.92 Å². The first kappa shape index (κ1) is 24.6. The van der Waals surface area contributed by atoms with Gasteiger partial charge in [0.2, 0.25) is 5.91 Å². The quantitative estimate of drug-likeness (QED) is 0.397. The van der Waals surface area contributed by atoms with Gasteiger partial charge in [-0.15, -0.1) is 0 Å². The van der Waals surface area contributed by atoms with Gasteiger partial charge in [-0.2, -0.15) is 0 Å². The molecule has 4 atom stereocenters.